The summed E-state index contributed by atoms with van der Waals surface area (Å²) in [6, 6.07) is 10.2. The third-order valence-corrected chi connectivity index (χ3v) is 2.41. The summed E-state index contributed by atoms with van der Waals surface area (Å²) in [6.45, 7) is 2.18. The summed E-state index contributed by atoms with van der Waals surface area (Å²) < 4.78 is 2.05. The highest BCUT2D eigenvalue weighted by molar-refractivity contribution is 5.31. The lowest BCUT2D eigenvalue weighted by Gasteiger charge is -2.05. The van der Waals surface area contributed by atoms with Crippen molar-refractivity contribution in [1.82, 2.24) is 14.8 Å². The van der Waals surface area contributed by atoms with Gasteiger partial charge in [0.1, 0.15) is 12.2 Å². The van der Waals surface area contributed by atoms with Crippen LogP contribution in [0.4, 0.5) is 0 Å². The molecule has 2 rings (SSSR count). The highest BCUT2D eigenvalue weighted by Gasteiger charge is 2.04. The van der Waals surface area contributed by atoms with Gasteiger partial charge in [-0.2, -0.15) is 0 Å². The van der Waals surface area contributed by atoms with E-state index in [2.05, 4.69) is 33.8 Å². The molecule has 0 amide bonds. The fourth-order valence-electron chi connectivity index (χ4n) is 1.57. The molecular weight excluding hydrogens is 186 g/mol. The molecular formula is C12H15N3. The lowest BCUT2D eigenvalue weighted by atomic mass is 10.2. The van der Waals surface area contributed by atoms with Crippen molar-refractivity contribution >= 4 is 0 Å². The third kappa shape index (κ3) is 2.24. The smallest absolute Gasteiger partial charge is 0.137 e. The average molecular weight is 201 g/mol. The second kappa shape index (κ2) is 4.73. The summed E-state index contributed by atoms with van der Waals surface area (Å²) in [5.74, 6) is 1.04. The van der Waals surface area contributed by atoms with E-state index in [0.29, 0.717) is 0 Å². The Kier molecular flexibility index (Phi) is 3.12. The van der Waals surface area contributed by atoms with E-state index in [9.17, 15) is 0 Å². The van der Waals surface area contributed by atoms with Gasteiger partial charge in [-0.3, -0.25) is 4.57 Å². The molecule has 78 valence electrons. The number of aryl methyl sites for hydroxylation is 1. The summed E-state index contributed by atoms with van der Waals surface area (Å²) in [5, 5.41) is 8.11. The molecule has 0 spiro atoms. The number of rotatable bonds is 4. The molecule has 1 aromatic carbocycles. The standard InChI is InChI=1S/C12H15N3/c1-2-3-9-12-14-13-10-15(12)11-7-5-4-6-8-11/h4-8,10H,2-3,9H2,1H3. The molecule has 0 atom stereocenters. The molecule has 0 fully saturated rings. The first-order valence-corrected chi connectivity index (χ1v) is 5.36. The molecule has 1 aromatic heterocycles. The van der Waals surface area contributed by atoms with Crippen LogP contribution < -0.4 is 0 Å². The summed E-state index contributed by atoms with van der Waals surface area (Å²) >= 11 is 0. The van der Waals surface area contributed by atoms with Crippen molar-refractivity contribution in [2.24, 2.45) is 0 Å². The van der Waals surface area contributed by atoms with Crippen molar-refractivity contribution in [2.45, 2.75) is 26.2 Å². The molecule has 2 aromatic rings. The molecule has 3 heteroatoms. The van der Waals surface area contributed by atoms with Gasteiger partial charge in [0.2, 0.25) is 0 Å². The molecule has 0 saturated carbocycles. The monoisotopic (exact) mass is 201 g/mol. The number of benzene rings is 1. The summed E-state index contributed by atoms with van der Waals surface area (Å²) in [4.78, 5) is 0. The van der Waals surface area contributed by atoms with Crippen molar-refractivity contribution < 1.29 is 0 Å². The Morgan fingerprint density at radius 3 is 2.73 bits per heavy atom. The van der Waals surface area contributed by atoms with Gasteiger partial charge in [-0.15, -0.1) is 10.2 Å². The minimum Gasteiger partial charge on any atom is -0.286 e. The number of nitrogens with zero attached hydrogens (tertiary/aromatic N) is 3. The van der Waals surface area contributed by atoms with Gasteiger partial charge < -0.3 is 0 Å². The zero-order valence-electron chi connectivity index (χ0n) is 8.93. The van der Waals surface area contributed by atoms with Crippen LogP contribution in [-0.2, 0) is 6.42 Å². The molecule has 3 nitrogen and oxygen atoms in total. The first-order valence-electron chi connectivity index (χ1n) is 5.36. The Morgan fingerprint density at radius 2 is 2.00 bits per heavy atom. The van der Waals surface area contributed by atoms with E-state index < -0.39 is 0 Å². The zero-order chi connectivity index (χ0) is 10.5. The number of unbranched alkanes of at least 4 members (excludes halogenated alkanes) is 1. The van der Waals surface area contributed by atoms with Crippen LogP contribution in [0.2, 0.25) is 0 Å². The van der Waals surface area contributed by atoms with Gasteiger partial charge in [0, 0.05) is 12.1 Å². The molecule has 0 saturated heterocycles. The minimum atomic E-state index is 0.991. The number of hydrogen-bond donors (Lipinski definition) is 0. The number of para-hydroxylation sites is 1. The molecule has 0 N–H and O–H groups in total. The maximum atomic E-state index is 4.14. The lowest BCUT2D eigenvalue weighted by Crippen LogP contribution is -2.00. The second-order valence-electron chi connectivity index (χ2n) is 3.56. The van der Waals surface area contributed by atoms with E-state index in [4.69, 9.17) is 0 Å². The Hall–Kier alpha value is -1.64. The molecule has 0 unspecified atom stereocenters. The van der Waals surface area contributed by atoms with E-state index in [1.54, 1.807) is 6.33 Å². The van der Waals surface area contributed by atoms with Gasteiger partial charge in [0.05, 0.1) is 0 Å². The van der Waals surface area contributed by atoms with Crippen LogP contribution in [-0.4, -0.2) is 14.8 Å². The lowest BCUT2D eigenvalue weighted by molar-refractivity contribution is 0.735. The first-order chi connectivity index (χ1) is 7.42. The molecule has 1 heterocycles. The third-order valence-electron chi connectivity index (χ3n) is 2.41. The van der Waals surface area contributed by atoms with Gasteiger partial charge in [-0.1, -0.05) is 31.5 Å². The average Bonchev–Trinajstić information content (AvgIpc) is 2.75. The molecule has 0 aliphatic rings. The van der Waals surface area contributed by atoms with Crippen LogP contribution in [0.1, 0.15) is 25.6 Å². The van der Waals surface area contributed by atoms with Crippen LogP contribution in [0.3, 0.4) is 0 Å². The van der Waals surface area contributed by atoms with E-state index >= 15 is 0 Å². The van der Waals surface area contributed by atoms with Gasteiger partial charge in [0.25, 0.3) is 0 Å². The van der Waals surface area contributed by atoms with Crippen LogP contribution in [0.15, 0.2) is 36.7 Å². The Labute approximate surface area is 89.8 Å². The maximum absolute atomic E-state index is 4.14. The van der Waals surface area contributed by atoms with E-state index in [1.807, 2.05) is 18.2 Å². The molecule has 0 bridgehead atoms. The molecule has 0 aliphatic carbocycles. The first kappa shape index (κ1) is 9.90. The topological polar surface area (TPSA) is 30.7 Å². The van der Waals surface area contributed by atoms with Gasteiger partial charge in [-0.05, 0) is 18.6 Å². The molecule has 15 heavy (non-hydrogen) atoms. The summed E-state index contributed by atoms with van der Waals surface area (Å²) in [6.07, 6.45) is 5.11. The quantitative estimate of drug-likeness (QED) is 0.761. The second-order valence-corrected chi connectivity index (χ2v) is 3.56. The summed E-state index contributed by atoms with van der Waals surface area (Å²) in [7, 11) is 0. The van der Waals surface area contributed by atoms with Crippen molar-refractivity contribution in [1.29, 1.82) is 0 Å². The largest absolute Gasteiger partial charge is 0.286 e. The van der Waals surface area contributed by atoms with E-state index in [0.717, 1.165) is 24.4 Å². The predicted molar refractivity (Wildman–Crippen MR) is 60.0 cm³/mol. The van der Waals surface area contributed by atoms with E-state index in [-0.39, 0.29) is 0 Å². The normalized spacial score (nSPS) is 10.5. The Bertz CT molecular complexity index is 406. The number of hydrogen-bond acceptors (Lipinski definition) is 2. The van der Waals surface area contributed by atoms with Crippen LogP contribution in [0.25, 0.3) is 5.69 Å². The highest BCUT2D eigenvalue weighted by atomic mass is 15.3. The summed E-state index contributed by atoms with van der Waals surface area (Å²) in [5.41, 5.74) is 1.13. The zero-order valence-corrected chi connectivity index (χ0v) is 8.93. The van der Waals surface area contributed by atoms with Crippen LogP contribution in [0.5, 0.6) is 0 Å². The SMILES string of the molecule is CCCCc1nncn1-c1ccccc1. The Balaban J connectivity index is 2.25. The van der Waals surface area contributed by atoms with Gasteiger partial charge in [-0.25, -0.2) is 0 Å². The van der Waals surface area contributed by atoms with Crippen molar-refractivity contribution in [3.63, 3.8) is 0 Å². The van der Waals surface area contributed by atoms with Crippen LogP contribution >= 0.6 is 0 Å². The predicted octanol–water partition coefficient (Wildman–Crippen LogP) is 2.61. The highest BCUT2D eigenvalue weighted by Crippen LogP contribution is 2.10. The van der Waals surface area contributed by atoms with Crippen LogP contribution in [0, 0.1) is 0 Å². The fourth-order valence-corrected chi connectivity index (χ4v) is 1.57. The van der Waals surface area contributed by atoms with Crippen molar-refractivity contribution in [2.75, 3.05) is 0 Å². The van der Waals surface area contributed by atoms with Gasteiger partial charge >= 0.3 is 0 Å². The maximum Gasteiger partial charge on any atom is 0.137 e. The Morgan fingerprint density at radius 1 is 1.20 bits per heavy atom. The van der Waals surface area contributed by atoms with Crippen molar-refractivity contribution in [3.8, 4) is 5.69 Å². The molecule has 0 aliphatic heterocycles. The minimum absolute atomic E-state index is 0.991. The number of aromatic nitrogens is 3. The van der Waals surface area contributed by atoms with Gasteiger partial charge in [0.15, 0.2) is 0 Å². The fraction of sp³-hybridized carbons (Fsp3) is 0.333. The molecule has 0 radical (unpaired) electrons. The van der Waals surface area contributed by atoms with E-state index in [1.165, 1.54) is 6.42 Å². The van der Waals surface area contributed by atoms with Crippen molar-refractivity contribution in [3.05, 3.63) is 42.5 Å².